The molecule has 2 spiro atoms. The van der Waals surface area contributed by atoms with Crippen LogP contribution in [0.3, 0.4) is 0 Å². The highest BCUT2D eigenvalue weighted by atomic mass is 35.5. The van der Waals surface area contributed by atoms with Crippen LogP contribution in [-0.4, -0.2) is 134 Å². The minimum atomic E-state index is -3.95. The van der Waals surface area contributed by atoms with E-state index in [1.165, 1.54) is 22.3 Å². The number of benzene rings is 4. The Balaban J connectivity index is 0.000000188. The predicted octanol–water partition coefficient (Wildman–Crippen LogP) is 11.5. The normalized spacial score (nSPS) is 34.5. The average Bonchev–Trinajstić information content (AvgIpc) is 1.35. The first kappa shape index (κ1) is 69.2. The summed E-state index contributed by atoms with van der Waals surface area (Å²) in [6, 6.07) is 23.1. The van der Waals surface area contributed by atoms with Gasteiger partial charge in [0, 0.05) is 109 Å². The molecule has 0 radical (unpaired) electrons. The Hall–Kier alpha value is -4.21. The van der Waals surface area contributed by atoms with E-state index in [0.29, 0.717) is 101 Å². The molecule has 92 heavy (non-hydrogen) atoms. The van der Waals surface area contributed by atoms with Crippen molar-refractivity contribution in [1.82, 2.24) is 9.44 Å². The first-order valence-electron chi connectivity index (χ1n) is 33.5. The molecule has 0 saturated heterocycles. The number of amides is 2. The average molecular weight is 1380 g/mol. The Morgan fingerprint density at radius 3 is 1.45 bits per heavy atom. The number of aryl methyl sites for hydroxylation is 2. The molecule has 4 aromatic carbocycles. The van der Waals surface area contributed by atoms with Crippen LogP contribution in [0.4, 0.5) is 11.4 Å². The van der Waals surface area contributed by atoms with E-state index in [4.69, 9.17) is 32.7 Å². The molecule has 4 N–H and O–H groups in total. The first-order chi connectivity index (χ1) is 43.6. The van der Waals surface area contributed by atoms with E-state index in [1.807, 2.05) is 45.0 Å². The summed E-state index contributed by atoms with van der Waals surface area (Å²) in [6.45, 7) is 11.2. The topological polar surface area (TPSA) is 209 Å². The lowest BCUT2D eigenvalue weighted by molar-refractivity contribution is -0.0904. The van der Waals surface area contributed by atoms with E-state index in [9.17, 15) is 40.8 Å². The van der Waals surface area contributed by atoms with Crippen molar-refractivity contribution in [3.63, 3.8) is 0 Å². The molecule has 2 amide bonds. The lowest BCUT2D eigenvalue weighted by Crippen LogP contribution is -2.53. The van der Waals surface area contributed by atoms with Crippen LogP contribution < -0.4 is 28.7 Å². The Morgan fingerprint density at radius 1 is 0.587 bits per heavy atom. The molecule has 15 atom stereocenters. The highest BCUT2D eigenvalue weighted by Gasteiger charge is 2.51. The van der Waals surface area contributed by atoms with Crippen LogP contribution in [0.25, 0.3) is 0 Å². The maximum absolute atomic E-state index is 13.8. The number of carbonyl (C=O) groups excluding carboxylic acids is 2. The van der Waals surface area contributed by atoms with Crippen molar-refractivity contribution in [2.75, 3.05) is 73.2 Å². The van der Waals surface area contributed by atoms with Crippen molar-refractivity contribution in [3.05, 3.63) is 116 Å². The Kier molecular flexibility index (Phi) is 20.8. The van der Waals surface area contributed by atoms with Crippen LogP contribution in [-0.2, 0) is 65.0 Å². The molecule has 4 aliphatic heterocycles. The van der Waals surface area contributed by atoms with Crippen LogP contribution >= 0.6 is 23.2 Å². The molecule has 8 aliphatic rings. The zero-order valence-corrected chi connectivity index (χ0v) is 59.3. The van der Waals surface area contributed by atoms with Crippen molar-refractivity contribution in [3.8, 4) is 11.5 Å². The van der Waals surface area contributed by atoms with Gasteiger partial charge in [0.2, 0.25) is 10.0 Å². The van der Waals surface area contributed by atoms with E-state index < -0.39 is 69.6 Å². The van der Waals surface area contributed by atoms with Crippen LogP contribution in [0, 0.1) is 35.5 Å². The molecule has 2 saturated carbocycles. The predicted molar refractivity (Wildman–Crippen MR) is 374 cm³/mol. The number of halogens is 2. The number of carbonyl (C=O) groups is 2. The minimum absolute atomic E-state index is 0.0281. The van der Waals surface area contributed by atoms with Crippen molar-refractivity contribution >= 4 is 93.6 Å². The summed E-state index contributed by atoms with van der Waals surface area (Å²) in [5.41, 5.74) is 4.84. The van der Waals surface area contributed by atoms with Gasteiger partial charge < -0.3 is 29.5 Å². The fourth-order valence-corrected chi connectivity index (χ4v) is 21.4. The molecule has 4 heterocycles. The summed E-state index contributed by atoms with van der Waals surface area (Å²) >= 11 is 12.9. The van der Waals surface area contributed by atoms with Crippen LogP contribution in [0.1, 0.15) is 173 Å². The number of nitrogens with one attached hydrogen (secondary N) is 2. The summed E-state index contributed by atoms with van der Waals surface area (Å²) in [4.78, 5) is 31.8. The van der Waals surface area contributed by atoms with E-state index in [0.717, 1.165) is 104 Å². The number of ether oxygens (including phenoxy) is 2. The number of fused-ring (bicyclic) bond motifs is 8. The third-order valence-electron chi connectivity index (χ3n) is 23.1. The number of nitrogens with zero attached hydrogens (tertiary/aromatic N) is 2. The number of sulfonamides is 1. The Morgan fingerprint density at radius 2 is 1.02 bits per heavy atom. The molecule has 15 nitrogen and oxygen atoms in total. The monoisotopic (exact) mass is 1380 g/mol. The van der Waals surface area contributed by atoms with E-state index in [2.05, 4.69) is 49.4 Å². The second kappa shape index (κ2) is 27.7. The van der Waals surface area contributed by atoms with Gasteiger partial charge in [-0.1, -0.05) is 62.0 Å². The third-order valence-corrected chi connectivity index (χ3v) is 29.2. The highest BCUT2D eigenvalue weighted by molar-refractivity contribution is 7.99. The summed E-state index contributed by atoms with van der Waals surface area (Å²) in [5.74, 6) is 5.60. The lowest BCUT2D eigenvalue weighted by atomic mass is 9.62. The summed E-state index contributed by atoms with van der Waals surface area (Å²) < 4.78 is 83.3. The van der Waals surface area contributed by atoms with Crippen LogP contribution in [0.15, 0.2) is 72.8 Å². The maximum Gasteiger partial charge on any atom is 0.264 e. The standard InChI is InChI=1S/C36H49ClN2O5S2.C35H47ClN2O6S2/c1-24-7-5-16-36(41,17-18-45(3)42)31-12-9-28(31)21-39-22-35(15-6-8-26-19-29(37)11-13-30(26)35)23-44-33-14-10-27(20-32(33)39)34(40)38-46(4,43)25(24)2;1-23-6-4-15-35(40,16-17-45(3)41)30-11-8-27(30)20-38-21-34(14-5-7-25-18-28(36)10-12-29(25)34)22-44-32-13-9-26(19-31(32)38)33(39)37-46(42,43)24(23)2/h10-11,13-14,19-20,24-25,28,31,41H,4-9,12,15-18,21-23H2,1-3H3,(H,38,40,43);9-10,12-13,18-19,23-24,27,30,40H,4-8,11,14-17,20-22H2,1-3H3,(H,37,39)/t24-,25+,28-,31+,35-,36+,45-,46?;23-,24+,27-,30+,34-,35+,45+/m00/s1. The van der Waals surface area contributed by atoms with E-state index >= 15 is 0 Å². The Bertz CT molecular complexity index is 3470. The van der Waals surface area contributed by atoms with E-state index in [-0.39, 0.29) is 57.2 Å². The van der Waals surface area contributed by atoms with Crippen molar-refractivity contribution < 1.29 is 50.3 Å². The summed E-state index contributed by atoms with van der Waals surface area (Å²) in [7, 11) is -8.94. The zero-order chi connectivity index (χ0) is 65.7. The third kappa shape index (κ3) is 14.6. The van der Waals surface area contributed by atoms with Gasteiger partial charge in [0.15, 0.2) is 0 Å². The summed E-state index contributed by atoms with van der Waals surface area (Å²) in [5, 5.41) is 24.9. The summed E-state index contributed by atoms with van der Waals surface area (Å²) in [6.07, 6.45) is 17.9. The van der Waals surface area contributed by atoms with Gasteiger partial charge in [-0.2, -0.15) is 0 Å². The fourth-order valence-electron chi connectivity index (χ4n) is 16.9. The lowest BCUT2D eigenvalue weighted by Gasteiger charge is -2.50. The molecule has 4 aliphatic carbocycles. The molecule has 12 rings (SSSR count). The first-order valence-corrected chi connectivity index (χ1v) is 41.1. The molecular formula is C71H96Cl2N4O11S4. The van der Waals surface area contributed by atoms with Crippen LogP contribution in [0.5, 0.6) is 11.5 Å². The van der Waals surface area contributed by atoms with Gasteiger partial charge in [-0.15, -0.1) is 0 Å². The van der Waals surface area contributed by atoms with Crippen molar-refractivity contribution in [2.24, 2.45) is 35.5 Å². The molecule has 4 aromatic rings. The van der Waals surface area contributed by atoms with Crippen molar-refractivity contribution in [2.45, 2.75) is 176 Å². The second-order valence-electron chi connectivity index (χ2n) is 29.0. The smallest absolute Gasteiger partial charge is 0.264 e. The minimum Gasteiger partial charge on any atom is -0.490 e. The van der Waals surface area contributed by atoms with Gasteiger partial charge in [-0.05, 0) is 241 Å². The maximum atomic E-state index is 13.8. The Labute approximate surface area is 561 Å². The SMILES string of the molecule is C=S1(=O)NC(=O)c2ccc3c(c2)N(C[C@@H]2CC[C@H]2[C@](O)(CC[S@](C)=O)CCC[C@H](C)[C@H]1C)C[C@@]1(CCCc2cc(Cl)ccc21)CO3.C[C@@H]1[C@@H](C)CCC[C@@](O)(CC[S@@](C)=O)[C@@H]2CC[C@H]2CN2C[C@@]3(CCCc4cc(Cl)ccc43)COc3ccc(cc32)C(=O)NS1(=O)=O. The van der Waals surface area contributed by atoms with Gasteiger partial charge >= 0.3 is 0 Å². The largest absolute Gasteiger partial charge is 0.490 e. The quantitative estimate of drug-likeness (QED) is 0.133. The molecule has 2 fully saturated rings. The zero-order valence-electron chi connectivity index (χ0n) is 54.5. The number of hydrogen-bond donors (Lipinski definition) is 4. The molecule has 4 bridgehead atoms. The highest BCUT2D eigenvalue weighted by Crippen LogP contribution is 2.52. The van der Waals surface area contributed by atoms with Crippen LogP contribution in [0.2, 0.25) is 10.0 Å². The van der Waals surface area contributed by atoms with Gasteiger partial charge in [0.1, 0.15) is 11.5 Å². The second-order valence-corrected chi connectivity index (χ2v) is 37.4. The number of aliphatic hydroxyl groups is 2. The molecule has 1 unspecified atom stereocenters. The fraction of sp³-hybridized carbons (Fsp3) is 0.620. The van der Waals surface area contributed by atoms with Gasteiger partial charge in [0.05, 0.1) is 50.7 Å². The molecule has 504 valence electrons. The number of rotatable bonds is 6. The molecule has 0 aromatic heterocycles. The van der Waals surface area contributed by atoms with Gasteiger partial charge in [-0.3, -0.25) is 22.7 Å². The number of anilines is 2. The van der Waals surface area contributed by atoms with Crippen molar-refractivity contribution in [1.29, 1.82) is 0 Å². The number of hydrogen-bond acceptors (Lipinski definition) is 13. The molecular weight excluding hydrogens is 1280 g/mol. The van der Waals surface area contributed by atoms with Gasteiger partial charge in [0.25, 0.3) is 11.8 Å². The van der Waals surface area contributed by atoms with E-state index in [1.54, 1.807) is 43.7 Å². The molecule has 21 heteroatoms. The van der Waals surface area contributed by atoms with Gasteiger partial charge in [-0.25, -0.2) is 17.3 Å².